The molecule has 0 spiro atoms. The van der Waals surface area contributed by atoms with Crippen LogP contribution in [0.4, 0.5) is 0 Å². The number of aromatic nitrogens is 1. The largest absolute Gasteiger partial charge is 0.372 e. The zero-order valence-corrected chi connectivity index (χ0v) is 10.9. The Morgan fingerprint density at radius 1 is 1.21 bits per heavy atom. The fraction of sp³-hybridized carbons (Fsp3) is 0.312. The monoisotopic (exact) mass is 254 g/mol. The molecule has 3 heteroatoms. The fourth-order valence-corrected chi connectivity index (χ4v) is 2.75. The Kier molecular flexibility index (Phi) is 3.58. The molecule has 1 aromatic carbocycles. The van der Waals surface area contributed by atoms with Crippen molar-refractivity contribution in [3.8, 4) is 11.1 Å². The summed E-state index contributed by atoms with van der Waals surface area (Å²) >= 11 is 0. The van der Waals surface area contributed by atoms with E-state index in [0.29, 0.717) is 6.54 Å². The lowest BCUT2D eigenvalue weighted by Crippen LogP contribution is -2.16. The summed E-state index contributed by atoms with van der Waals surface area (Å²) < 4.78 is 5.83. The minimum atomic E-state index is 0.0271. The van der Waals surface area contributed by atoms with Gasteiger partial charge in [-0.1, -0.05) is 18.2 Å². The van der Waals surface area contributed by atoms with Crippen molar-refractivity contribution in [3.05, 3.63) is 53.9 Å². The van der Waals surface area contributed by atoms with Gasteiger partial charge in [-0.25, -0.2) is 0 Å². The van der Waals surface area contributed by atoms with Gasteiger partial charge in [0, 0.05) is 25.5 Å². The van der Waals surface area contributed by atoms with Crippen molar-refractivity contribution in [1.82, 2.24) is 4.98 Å². The second-order valence-corrected chi connectivity index (χ2v) is 4.81. The predicted octanol–water partition coefficient (Wildman–Crippen LogP) is 2.71. The number of fused-ring (bicyclic) bond motifs is 1. The zero-order valence-electron chi connectivity index (χ0n) is 10.9. The summed E-state index contributed by atoms with van der Waals surface area (Å²) in [7, 11) is 0. The molecular formula is C16H18N2O. The molecule has 1 aliphatic heterocycles. The van der Waals surface area contributed by atoms with E-state index in [9.17, 15) is 0 Å². The van der Waals surface area contributed by atoms with Gasteiger partial charge in [-0.05, 0) is 47.2 Å². The van der Waals surface area contributed by atoms with Crippen LogP contribution in [-0.2, 0) is 11.2 Å². The Bertz CT molecular complexity index is 554. The molecule has 0 amide bonds. The smallest absolute Gasteiger partial charge is 0.0949 e. The second kappa shape index (κ2) is 5.51. The molecule has 0 radical (unpaired) electrons. The van der Waals surface area contributed by atoms with Crippen LogP contribution in [0.15, 0.2) is 42.7 Å². The molecule has 98 valence electrons. The molecular weight excluding hydrogens is 236 g/mol. The summed E-state index contributed by atoms with van der Waals surface area (Å²) in [6, 6.07) is 10.5. The standard InChI is InChI=1S/C16H18N2O/c17-11-16-15-4-1-3-13(12-6-8-18-9-7-12)14(15)5-2-10-19-16/h1,3-4,6-9,16H,2,5,10-11,17H2/t16-/m0/s1. The van der Waals surface area contributed by atoms with E-state index in [4.69, 9.17) is 10.5 Å². The van der Waals surface area contributed by atoms with E-state index in [-0.39, 0.29) is 6.10 Å². The molecule has 0 saturated heterocycles. The first-order chi connectivity index (χ1) is 9.40. The molecule has 19 heavy (non-hydrogen) atoms. The highest BCUT2D eigenvalue weighted by Gasteiger charge is 2.20. The van der Waals surface area contributed by atoms with Gasteiger partial charge in [0.15, 0.2) is 0 Å². The topological polar surface area (TPSA) is 48.1 Å². The van der Waals surface area contributed by atoms with E-state index in [2.05, 4.69) is 35.3 Å². The van der Waals surface area contributed by atoms with Gasteiger partial charge in [0.1, 0.15) is 0 Å². The number of pyridine rings is 1. The van der Waals surface area contributed by atoms with Crippen LogP contribution in [0, 0.1) is 0 Å². The highest BCUT2D eigenvalue weighted by Crippen LogP contribution is 2.33. The van der Waals surface area contributed by atoms with E-state index in [0.717, 1.165) is 19.4 Å². The van der Waals surface area contributed by atoms with Crippen LogP contribution in [0.5, 0.6) is 0 Å². The molecule has 2 aromatic rings. The summed E-state index contributed by atoms with van der Waals surface area (Å²) in [5.74, 6) is 0. The van der Waals surface area contributed by atoms with Gasteiger partial charge < -0.3 is 10.5 Å². The van der Waals surface area contributed by atoms with E-state index >= 15 is 0 Å². The molecule has 0 unspecified atom stereocenters. The maximum atomic E-state index is 5.84. The third-order valence-electron chi connectivity index (χ3n) is 3.65. The first kappa shape index (κ1) is 12.3. The highest BCUT2D eigenvalue weighted by atomic mass is 16.5. The zero-order chi connectivity index (χ0) is 13.1. The molecule has 1 aliphatic rings. The lowest BCUT2D eigenvalue weighted by molar-refractivity contribution is 0.0627. The SMILES string of the molecule is NC[C@@H]1OCCCc2c(-c3ccncc3)cccc21. The van der Waals surface area contributed by atoms with Crippen molar-refractivity contribution in [1.29, 1.82) is 0 Å². The van der Waals surface area contributed by atoms with Crippen LogP contribution < -0.4 is 5.73 Å². The van der Waals surface area contributed by atoms with Crippen LogP contribution in [0.1, 0.15) is 23.7 Å². The average Bonchev–Trinajstić information content (AvgIpc) is 2.69. The number of nitrogens with zero attached hydrogens (tertiary/aromatic N) is 1. The highest BCUT2D eigenvalue weighted by molar-refractivity contribution is 5.68. The Morgan fingerprint density at radius 2 is 2.05 bits per heavy atom. The molecule has 1 aromatic heterocycles. The van der Waals surface area contributed by atoms with Gasteiger partial charge in [0.2, 0.25) is 0 Å². The van der Waals surface area contributed by atoms with E-state index in [1.54, 1.807) is 0 Å². The third kappa shape index (κ3) is 2.39. The molecule has 2 N–H and O–H groups in total. The van der Waals surface area contributed by atoms with Gasteiger partial charge in [-0.2, -0.15) is 0 Å². The van der Waals surface area contributed by atoms with Crippen molar-refractivity contribution in [2.75, 3.05) is 13.2 Å². The van der Waals surface area contributed by atoms with Crippen molar-refractivity contribution in [2.24, 2.45) is 5.73 Å². The number of hydrogen-bond acceptors (Lipinski definition) is 3. The van der Waals surface area contributed by atoms with Gasteiger partial charge in [-0.15, -0.1) is 0 Å². The van der Waals surface area contributed by atoms with Gasteiger partial charge in [-0.3, -0.25) is 4.98 Å². The molecule has 0 fully saturated rings. The second-order valence-electron chi connectivity index (χ2n) is 4.81. The number of benzene rings is 1. The quantitative estimate of drug-likeness (QED) is 0.896. The van der Waals surface area contributed by atoms with E-state index < -0.39 is 0 Å². The summed E-state index contributed by atoms with van der Waals surface area (Å²) in [5, 5.41) is 0. The van der Waals surface area contributed by atoms with E-state index in [1.807, 2.05) is 12.4 Å². The summed E-state index contributed by atoms with van der Waals surface area (Å²) in [6.07, 6.45) is 5.79. The number of ether oxygens (including phenoxy) is 1. The van der Waals surface area contributed by atoms with Crippen LogP contribution in [-0.4, -0.2) is 18.1 Å². The number of rotatable bonds is 2. The molecule has 1 atom stereocenters. The fourth-order valence-electron chi connectivity index (χ4n) is 2.75. The van der Waals surface area contributed by atoms with Crippen molar-refractivity contribution < 1.29 is 4.74 Å². The summed E-state index contributed by atoms with van der Waals surface area (Å²) in [5.41, 5.74) is 11.0. The predicted molar refractivity (Wildman–Crippen MR) is 75.7 cm³/mol. The van der Waals surface area contributed by atoms with Gasteiger partial charge >= 0.3 is 0 Å². The minimum absolute atomic E-state index is 0.0271. The molecule has 0 bridgehead atoms. The average molecular weight is 254 g/mol. The maximum absolute atomic E-state index is 5.84. The van der Waals surface area contributed by atoms with Crippen molar-refractivity contribution >= 4 is 0 Å². The third-order valence-corrected chi connectivity index (χ3v) is 3.65. The number of hydrogen-bond donors (Lipinski definition) is 1. The maximum Gasteiger partial charge on any atom is 0.0949 e. The summed E-state index contributed by atoms with van der Waals surface area (Å²) in [4.78, 5) is 4.09. The van der Waals surface area contributed by atoms with Gasteiger partial charge in [0.05, 0.1) is 6.10 Å². The van der Waals surface area contributed by atoms with Crippen molar-refractivity contribution in [3.63, 3.8) is 0 Å². The Balaban J connectivity index is 2.12. The number of nitrogens with two attached hydrogens (primary N) is 1. The van der Waals surface area contributed by atoms with Crippen LogP contribution in [0.3, 0.4) is 0 Å². The Labute approximate surface area is 113 Å². The van der Waals surface area contributed by atoms with Crippen LogP contribution in [0.2, 0.25) is 0 Å². The van der Waals surface area contributed by atoms with Crippen LogP contribution in [0.25, 0.3) is 11.1 Å². The Morgan fingerprint density at radius 3 is 2.84 bits per heavy atom. The molecule has 0 aliphatic carbocycles. The lowest BCUT2D eigenvalue weighted by atomic mass is 9.91. The molecule has 2 heterocycles. The van der Waals surface area contributed by atoms with E-state index in [1.165, 1.54) is 22.3 Å². The summed E-state index contributed by atoms with van der Waals surface area (Å²) in [6.45, 7) is 1.32. The van der Waals surface area contributed by atoms with Crippen LogP contribution >= 0.6 is 0 Å². The first-order valence-corrected chi connectivity index (χ1v) is 6.74. The Hall–Kier alpha value is -1.71. The normalized spacial score (nSPS) is 18.7. The first-order valence-electron chi connectivity index (χ1n) is 6.74. The molecule has 0 saturated carbocycles. The van der Waals surface area contributed by atoms with Crippen molar-refractivity contribution in [2.45, 2.75) is 18.9 Å². The lowest BCUT2D eigenvalue weighted by Gasteiger charge is -2.18. The van der Waals surface area contributed by atoms with Gasteiger partial charge in [0.25, 0.3) is 0 Å². The molecule has 3 nitrogen and oxygen atoms in total. The molecule has 3 rings (SSSR count). The minimum Gasteiger partial charge on any atom is -0.372 e.